The zero-order valence-corrected chi connectivity index (χ0v) is 23.6. The molecule has 3 fully saturated rings. The van der Waals surface area contributed by atoms with E-state index in [4.69, 9.17) is 4.74 Å². The molecule has 14 nitrogen and oxygen atoms in total. The number of ether oxygens (including phenoxy) is 1. The number of carbonyl (C=O) groups excluding carboxylic acids is 4. The second-order valence-electron chi connectivity index (χ2n) is 10.6. The van der Waals surface area contributed by atoms with Crippen molar-refractivity contribution in [2.75, 3.05) is 50.6 Å². The lowest BCUT2D eigenvalue weighted by molar-refractivity contribution is -0.142. The van der Waals surface area contributed by atoms with Crippen LogP contribution < -0.4 is 10.2 Å². The number of fused-ring (bicyclic) bond motifs is 2. The van der Waals surface area contributed by atoms with Crippen LogP contribution in [0.25, 0.3) is 10.6 Å². The SMILES string of the molecule is COCC(=O)CN1C(=O)C2C(N=CN2[C@@H](C)C(=O)Nc2csc(-c3cnc(N4CC5C(C4)C5(F)F)nc3)n2)N(C)C1=O. The summed E-state index contributed by atoms with van der Waals surface area (Å²) in [6.07, 6.45) is 3.64. The number of amides is 4. The molecule has 0 spiro atoms. The van der Waals surface area contributed by atoms with Crippen molar-refractivity contribution in [1.29, 1.82) is 0 Å². The molecule has 2 aromatic rings. The van der Waals surface area contributed by atoms with Gasteiger partial charge in [-0.05, 0) is 6.92 Å². The Morgan fingerprint density at radius 3 is 2.57 bits per heavy atom. The molecule has 6 rings (SSSR count). The number of aromatic nitrogens is 3. The Morgan fingerprint density at radius 1 is 1.21 bits per heavy atom. The minimum Gasteiger partial charge on any atom is -0.377 e. The number of alkyl halides is 2. The first-order chi connectivity index (χ1) is 20.0. The van der Waals surface area contributed by atoms with Crippen molar-refractivity contribution in [2.45, 2.75) is 31.1 Å². The fourth-order valence-corrected chi connectivity index (χ4v) is 6.27. The Bertz CT molecular complexity index is 1460. The van der Waals surface area contributed by atoms with Crippen LogP contribution in [0.1, 0.15) is 6.92 Å². The predicted octanol–water partition coefficient (Wildman–Crippen LogP) is 0.777. The van der Waals surface area contributed by atoms with E-state index in [9.17, 15) is 28.0 Å². The number of thiazole rings is 1. The smallest absolute Gasteiger partial charge is 0.328 e. The normalized spacial score (nSPS) is 26.4. The number of anilines is 2. The minimum atomic E-state index is -2.58. The topological polar surface area (TPSA) is 154 Å². The van der Waals surface area contributed by atoms with Crippen molar-refractivity contribution in [2.24, 2.45) is 16.8 Å². The lowest BCUT2D eigenvalue weighted by Crippen LogP contribution is -2.66. The fraction of sp³-hybridized carbons (Fsp3) is 0.520. The Balaban J connectivity index is 1.09. The van der Waals surface area contributed by atoms with Gasteiger partial charge in [0.1, 0.15) is 23.5 Å². The van der Waals surface area contributed by atoms with Gasteiger partial charge < -0.3 is 24.8 Å². The highest BCUT2D eigenvalue weighted by molar-refractivity contribution is 7.13. The van der Waals surface area contributed by atoms with E-state index in [2.05, 4.69) is 25.3 Å². The van der Waals surface area contributed by atoms with Gasteiger partial charge in [0.25, 0.3) is 11.8 Å². The maximum absolute atomic E-state index is 13.5. The summed E-state index contributed by atoms with van der Waals surface area (Å²) in [6.45, 7) is 1.35. The van der Waals surface area contributed by atoms with Crippen molar-refractivity contribution in [1.82, 2.24) is 29.7 Å². The fourth-order valence-electron chi connectivity index (χ4n) is 5.54. The summed E-state index contributed by atoms with van der Waals surface area (Å²) in [6, 6.07) is -2.52. The van der Waals surface area contributed by atoms with Crippen molar-refractivity contribution in [3.63, 3.8) is 0 Å². The molecule has 17 heteroatoms. The number of Topliss-reactive ketones (excluding diaryl/α,β-unsaturated/α-hetero) is 1. The van der Waals surface area contributed by atoms with Crippen LogP contribution in [0.4, 0.5) is 25.3 Å². The van der Waals surface area contributed by atoms with Crippen LogP contribution >= 0.6 is 11.3 Å². The lowest BCUT2D eigenvalue weighted by atomic mass is 10.1. The summed E-state index contributed by atoms with van der Waals surface area (Å²) in [5.74, 6) is -4.72. The zero-order chi connectivity index (χ0) is 29.9. The number of hydrogen-bond donors (Lipinski definition) is 1. The van der Waals surface area contributed by atoms with E-state index in [0.717, 1.165) is 4.90 Å². The van der Waals surface area contributed by atoms with Gasteiger partial charge in [0, 0.05) is 50.6 Å². The molecule has 2 saturated heterocycles. The molecule has 0 bridgehead atoms. The second kappa shape index (κ2) is 10.3. The molecule has 0 radical (unpaired) electrons. The molecule has 4 amide bonds. The monoisotopic (exact) mass is 603 g/mol. The standard InChI is InChI=1S/C25H27F2N9O5S/c1-12(36-11-30-19-18(36)22(39)35(24(40)33(19)2)6-14(37)9-41-3)20(38)31-17-10-42-21(32-17)13-4-28-23(29-5-13)34-7-15-16(8-34)25(15,26)27/h4-5,10-12,15-16,18-19H,6-9H2,1-3H3,(H,31,38)/t12-,15?,16?,18?,19?/m0/s1. The number of likely N-dealkylation sites (N-methyl/N-ethyl adjacent to an activating group) is 1. The second-order valence-corrected chi connectivity index (χ2v) is 11.5. The van der Waals surface area contributed by atoms with Crippen molar-refractivity contribution in [3.8, 4) is 10.6 Å². The maximum atomic E-state index is 13.5. The van der Waals surface area contributed by atoms with Crippen LogP contribution in [0, 0.1) is 11.8 Å². The molecule has 1 aliphatic carbocycles. The number of carbonyl (C=O) groups is 4. The number of rotatable bonds is 9. The van der Waals surface area contributed by atoms with Gasteiger partial charge in [0.05, 0.1) is 24.7 Å². The quantitative estimate of drug-likeness (QED) is 0.435. The number of nitrogens with zero attached hydrogens (tertiary/aromatic N) is 8. The number of aliphatic imine (C=N–C) groups is 1. The van der Waals surface area contributed by atoms with Gasteiger partial charge in [-0.1, -0.05) is 0 Å². The molecule has 3 aliphatic heterocycles. The maximum Gasteiger partial charge on any atom is 0.328 e. The van der Waals surface area contributed by atoms with E-state index in [0.29, 0.717) is 16.5 Å². The van der Waals surface area contributed by atoms with Crippen LogP contribution in [0.2, 0.25) is 0 Å². The van der Waals surface area contributed by atoms with Crippen LogP contribution in [0.15, 0.2) is 22.8 Å². The van der Waals surface area contributed by atoms with Crippen LogP contribution in [0.3, 0.4) is 0 Å². The molecule has 1 N–H and O–H groups in total. The van der Waals surface area contributed by atoms with Gasteiger partial charge in [0.15, 0.2) is 18.0 Å². The third kappa shape index (κ3) is 4.65. The van der Waals surface area contributed by atoms with E-state index in [1.165, 1.54) is 41.6 Å². The van der Waals surface area contributed by atoms with Gasteiger partial charge in [-0.2, -0.15) is 0 Å². The van der Waals surface area contributed by atoms with Gasteiger partial charge in [0.2, 0.25) is 11.9 Å². The van der Waals surface area contributed by atoms with Crippen molar-refractivity contribution in [3.05, 3.63) is 17.8 Å². The summed E-state index contributed by atoms with van der Waals surface area (Å²) in [5, 5.41) is 4.92. The van der Waals surface area contributed by atoms with E-state index in [1.54, 1.807) is 29.6 Å². The highest BCUT2D eigenvalue weighted by Crippen LogP contribution is 2.59. The number of methoxy groups -OCH3 is 1. The largest absolute Gasteiger partial charge is 0.377 e. The number of ketones is 1. The Kier molecular flexibility index (Phi) is 6.87. The van der Waals surface area contributed by atoms with Crippen molar-refractivity contribution < 1.29 is 32.7 Å². The molecule has 2 aromatic heterocycles. The minimum absolute atomic E-state index is 0.230. The van der Waals surface area contributed by atoms with Gasteiger partial charge >= 0.3 is 6.03 Å². The third-order valence-corrected chi connectivity index (χ3v) is 8.89. The summed E-state index contributed by atoms with van der Waals surface area (Å²) in [7, 11) is 2.82. The first kappa shape index (κ1) is 28.0. The molecule has 5 heterocycles. The first-order valence-electron chi connectivity index (χ1n) is 13.1. The summed E-state index contributed by atoms with van der Waals surface area (Å²) in [5.41, 5.74) is 0.602. The van der Waals surface area contributed by atoms with Gasteiger partial charge in [-0.3, -0.25) is 19.3 Å². The van der Waals surface area contributed by atoms with E-state index in [-0.39, 0.29) is 25.5 Å². The molecule has 1 saturated carbocycles. The van der Waals surface area contributed by atoms with Crippen molar-refractivity contribution >= 4 is 53.1 Å². The lowest BCUT2D eigenvalue weighted by Gasteiger charge is -2.41. The molecular formula is C25H27F2N9O5S. The third-order valence-electron chi connectivity index (χ3n) is 7.99. The number of halogens is 2. The molecule has 0 aromatic carbocycles. The highest BCUT2D eigenvalue weighted by atomic mass is 32.1. The van der Waals surface area contributed by atoms with Crippen LogP contribution in [0.5, 0.6) is 0 Å². The van der Waals surface area contributed by atoms with Gasteiger partial charge in [-0.15, -0.1) is 11.3 Å². The molecule has 4 unspecified atom stereocenters. The first-order valence-corrected chi connectivity index (χ1v) is 14.0. The average molecular weight is 604 g/mol. The number of hydrogen-bond acceptors (Lipinski definition) is 12. The molecular weight excluding hydrogens is 576 g/mol. The predicted molar refractivity (Wildman–Crippen MR) is 145 cm³/mol. The number of urea groups is 1. The molecule has 4 aliphatic rings. The Hall–Kier alpha value is -4.12. The van der Waals surface area contributed by atoms with E-state index in [1.807, 2.05) is 0 Å². The molecule has 5 atom stereocenters. The van der Waals surface area contributed by atoms with Crippen LogP contribution in [-0.4, -0.2) is 124 Å². The summed E-state index contributed by atoms with van der Waals surface area (Å²) in [4.78, 5) is 74.0. The number of piperidine rings is 1. The molecule has 42 heavy (non-hydrogen) atoms. The van der Waals surface area contributed by atoms with E-state index < -0.39 is 66.2 Å². The highest BCUT2D eigenvalue weighted by Gasteiger charge is 2.72. The van der Waals surface area contributed by atoms with E-state index >= 15 is 0 Å². The van der Waals surface area contributed by atoms with Crippen LogP contribution in [-0.2, 0) is 19.1 Å². The summed E-state index contributed by atoms with van der Waals surface area (Å²) < 4.78 is 31.8. The van der Waals surface area contributed by atoms with Gasteiger partial charge in [-0.25, -0.2) is 33.5 Å². The number of nitrogens with one attached hydrogen (secondary N) is 1. The number of imide groups is 1. The average Bonchev–Trinajstić information content (AvgIpc) is 3.55. The zero-order valence-electron chi connectivity index (χ0n) is 22.8. The Labute approximate surface area is 242 Å². The summed E-state index contributed by atoms with van der Waals surface area (Å²) >= 11 is 1.26. The Morgan fingerprint density at radius 2 is 1.90 bits per heavy atom. The molecule has 222 valence electrons.